The SMILES string of the molecule is [Cl-].[Cl-].[Os+6].c1ccc(-c2ccccn2)nc1.c1ccc2nc(-c3ccc4ccccc4n3)ccc2c1.c1ccc2nc(-c3ccc4ccccc4n3)ccc2c1. The summed E-state index contributed by atoms with van der Waals surface area (Å²) in [6, 6.07) is 60.6. The predicted molar refractivity (Wildman–Crippen MR) is 212 cm³/mol. The molecule has 0 bridgehead atoms. The molecular formula is C46H32Cl2N6Os+4. The first kappa shape index (κ1) is 40.2. The van der Waals surface area contributed by atoms with Crippen LogP contribution in [0.15, 0.2) is 194 Å². The average Bonchev–Trinajstić information content (AvgIpc) is 3.24. The molecule has 0 fully saturated rings. The maximum atomic E-state index is 4.69. The zero-order valence-corrected chi connectivity index (χ0v) is 33.3. The molecular weight excluding hydrogens is 898 g/mol. The second-order valence-electron chi connectivity index (χ2n) is 12.0. The van der Waals surface area contributed by atoms with Crippen molar-refractivity contribution in [1.82, 2.24) is 29.9 Å². The molecule has 0 radical (unpaired) electrons. The van der Waals surface area contributed by atoms with E-state index in [0.29, 0.717) is 0 Å². The first-order valence-corrected chi connectivity index (χ1v) is 17.0. The van der Waals surface area contributed by atoms with Gasteiger partial charge in [0, 0.05) is 33.9 Å². The molecule has 0 unspecified atom stereocenters. The quantitative estimate of drug-likeness (QED) is 0.247. The maximum absolute atomic E-state index is 4.69. The summed E-state index contributed by atoms with van der Waals surface area (Å²) in [7, 11) is 0. The summed E-state index contributed by atoms with van der Waals surface area (Å²) in [6.45, 7) is 0. The Hall–Kier alpha value is -5.96. The molecule has 0 saturated carbocycles. The van der Waals surface area contributed by atoms with Gasteiger partial charge in [-0.2, -0.15) is 0 Å². The normalized spacial score (nSPS) is 10.1. The van der Waals surface area contributed by atoms with E-state index in [4.69, 9.17) is 0 Å². The van der Waals surface area contributed by atoms with Crippen molar-refractivity contribution < 1.29 is 44.6 Å². The van der Waals surface area contributed by atoms with Crippen LogP contribution in [0.25, 0.3) is 77.8 Å². The first-order valence-electron chi connectivity index (χ1n) is 17.0. The van der Waals surface area contributed by atoms with Crippen molar-refractivity contribution in [3.8, 4) is 34.2 Å². The van der Waals surface area contributed by atoms with E-state index in [1.54, 1.807) is 12.4 Å². The average molecular weight is 930 g/mol. The number of rotatable bonds is 3. The van der Waals surface area contributed by atoms with Gasteiger partial charge in [0.25, 0.3) is 0 Å². The molecule has 0 aliphatic carbocycles. The molecule has 6 nitrogen and oxygen atoms in total. The monoisotopic (exact) mass is 930 g/mol. The molecule has 10 rings (SSSR count). The van der Waals surface area contributed by atoms with Crippen LogP contribution in [0, 0.1) is 0 Å². The molecule has 0 amide bonds. The molecule has 6 heterocycles. The third-order valence-electron chi connectivity index (χ3n) is 8.51. The maximum Gasteiger partial charge on any atom is 6.00 e. The van der Waals surface area contributed by atoms with E-state index in [-0.39, 0.29) is 44.6 Å². The largest absolute Gasteiger partial charge is 6.00 e. The zero-order valence-electron chi connectivity index (χ0n) is 29.3. The van der Waals surface area contributed by atoms with Crippen LogP contribution < -0.4 is 24.8 Å². The molecule has 4 aromatic carbocycles. The van der Waals surface area contributed by atoms with Crippen LogP contribution in [0.2, 0.25) is 0 Å². The summed E-state index contributed by atoms with van der Waals surface area (Å²) in [5.74, 6) is 0. The Morgan fingerprint density at radius 1 is 0.236 bits per heavy atom. The summed E-state index contributed by atoms with van der Waals surface area (Å²) in [4.78, 5) is 27.1. The van der Waals surface area contributed by atoms with Gasteiger partial charge in [-0.05, 0) is 72.8 Å². The van der Waals surface area contributed by atoms with Crippen molar-refractivity contribution in [2.45, 2.75) is 0 Å². The van der Waals surface area contributed by atoms with Gasteiger partial charge in [0.05, 0.1) is 56.2 Å². The Bertz CT molecular complexity index is 2420. The molecule has 0 aliphatic rings. The molecule has 0 spiro atoms. The molecule has 10 aromatic rings. The number of halogens is 2. The summed E-state index contributed by atoms with van der Waals surface area (Å²) >= 11 is 0. The minimum Gasteiger partial charge on any atom is -1.00 e. The molecule has 0 saturated heterocycles. The topological polar surface area (TPSA) is 77.3 Å². The third kappa shape index (κ3) is 9.78. The van der Waals surface area contributed by atoms with Crippen molar-refractivity contribution in [2.75, 3.05) is 0 Å². The fourth-order valence-electron chi connectivity index (χ4n) is 5.86. The number of nitrogens with zero attached hydrogens (tertiary/aromatic N) is 6. The van der Waals surface area contributed by atoms with Crippen molar-refractivity contribution >= 4 is 43.6 Å². The zero-order chi connectivity index (χ0) is 35.0. The molecule has 55 heavy (non-hydrogen) atoms. The van der Waals surface area contributed by atoms with E-state index in [1.807, 2.05) is 133 Å². The van der Waals surface area contributed by atoms with Crippen molar-refractivity contribution in [1.29, 1.82) is 0 Å². The van der Waals surface area contributed by atoms with Gasteiger partial charge in [-0.15, -0.1) is 0 Å². The number of pyridine rings is 6. The number of hydrogen-bond donors (Lipinski definition) is 0. The van der Waals surface area contributed by atoms with Crippen molar-refractivity contribution in [3.05, 3.63) is 194 Å². The number of hydrogen-bond acceptors (Lipinski definition) is 6. The van der Waals surface area contributed by atoms with Crippen LogP contribution in [0.4, 0.5) is 0 Å². The van der Waals surface area contributed by atoms with Gasteiger partial charge < -0.3 is 24.8 Å². The number of para-hydroxylation sites is 4. The van der Waals surface area contributed by atoms with Crippen LogP contribution in [0.3, 0.4) is 0 Å². The molecule has 0 aliphatic heterocycles. The van der Waals surface area contributed by atoms with Crippen LogP contribution >= 0.6 is 0 Å². The van der Waals surface area contributed by atoms with Gasteiger partial charge in [-0.3, -0.25) is 9.97 Å². The minimum absolute atomic E-state index is 0. The molecule has 6 aromatic heterocycles. The van der Waals surface area contributed by atoms with Gasteiger partial charge in [0.15, 0.2) is 0 Å². The summed E-state index contributed by atoms with van der Waals surface area (Å²) in [6.07, 6.45) is 3.54. The smallest absolute Gasteiger partial charge is 1.00 e. The Balaban J connectivity index is 0.000000159. The molecule has 9 heteroatoms. The summed E-state index contributed by atoms with van der Waals surface area (Å²) in [5, 5.41) is 4.60. The van der Waals surface area contributed by atoms with E-state index in [2.05, 4.69) is 78.4 Å². The van der Waals surface area contributed by atoms with Crippen LogP contribution in [0.1, 0.15) is 0 Å². The second kappa shape index (κ2) is 19.4. The Morgan fingerprint density at radius 3 is 0.745 bits per heavy atom. The van der Waals surface area contributed by atoms with Crippen molar-refractivity contribution in [3.63, 3.8) is 0 Å². The summed E-state index contributed by atoms with van der Waals surface area (Å²) < 4.78 is 0. The van der Waals surface area contributed by atoms with Crippen LogP contribution in [0.5, 0.6) is 0 Å². The number of benzene rings is 4. The van der Waals surface area contributed by atoms with E-state index >= 15 is 0 Å². The van der Waals surface area contributed by atoms with Gasteiger partial charge >= 0.3 is 19.8 Å². The minimum atomic E-state index is 0. The fraction of sp³-hybridized carbons (Fsp3) is 0. The number of aromatic nitrogens is 6. The van der Waals surface area contributed by atoms with Gasteiger partial charge in [-0.25, -0.2) is 19.9 Å². The van der Waals surface area contributed by atoms with Gasteiger partial charge in [-0.1, -0.05) is 109 Å². The van der Waals surface area contributed by atoms with E-state index in [0.717, 1.165) is 77.8 Å². The molecule has 0 atom stereocenters. The van der Waals surface area contributed by atoms with Crippen molar-refractivity contribution in [2.24, 2.45) is 0 Å². The Morgan fingerprint density at radius 2 is 0.491 bits per heavy atom. The fourth-order valence-corrected chi connectivity index (χ4v) is 5.86. The van der Waals surface area contributed by atoms with E-state index < -0.39 is 0 Å². The predicted octanol–water partition coefficient (Wildman–Crippen LogP) is 5.05. The van der Waals surface area contributed by atoms with Crippen LogP contribution in [-0.2, 0) is 19.8 Å². The Labute approximate surface area is 344 Å². The van der Waals surface area contributed by atoms with Crippen LogP contribution in [-0.4, -0.2) is 29.9 Å². The third-order valence-corrected chi connectivity index (χ3v) is 8.51. The summed E-state index contributed by atoms with van der Waals surface area (Å²) in [5.41, 5.74) is 9.48. The van der Waals surface area contributed by atoms with E-state index in [9.17, 15) is 0 Å². The Kier molecular flexibility index (Phi) is 14.2. The van der Waals surface area contributed by atoms with E-state index in [1.165, 1.54) is 0 Å². The molecule has 264 valence electrons. The van der Waals surface area contributed by atoms with Gasteiger partial charge in [0.1, 0.15) is 0 Å². The second-order valence-corrected chi connectivity index (χ2v) is 12.0. The molecule has 0 N–H and O–H groups in total. The first-order chi connectivity index (χ1) is 25.8. The number of fused-ring (bicyclic) bond motifs is 4. The standard InChI is InChI=1S/2C18H12N2.C10H8N2.2ClH.Os/c2*1-3-7-15-13(5-1)9-11-17(19-15)18-12-10-14-6-2-4-8-16(14)20-18;1-3-7-11-9(5-1)10-6-2-4-8-12-10;;;/h2*1-12H;1-8H;2*1H;/q;;;;;+6/p-2. The van der Waals surface area contributed by atoms with Gasteiger partial charge in [0.2, 0.25) is 0 Å².